The number of hydrogen-bond acceptors (Lipinski definition) is 5. The van der Waals surface area contributed by atoms with Crippen molar-refractivity contribution < 1.29 is 24.3 Å². The largest absolute Gasteiger partial charge is 0.480 e. The van der Waals surface area contributed by atoms with Crippen molar-refractivity contribution in [2.45, 2.75) is 47.6 Å². The molecule has 24 heavy (non-hydrogen) atoms. The van der Waals surface area contributed by atoms with Crippen LogP contribution in [-0.2, 0) is 19.2 Å². The summed E-state index contributed by atoms with van der Waals surface area (Å²) in [6.07, 6.45) is 0.543. The third kappa shape index (κ3) is 6.62. The topological polar surface area (TPSA) is 95.0 Å². The molecular weight excluding hydrogens is 312 g/mol. The lowest BCUT2D eigenvalue weighted by Crippen LogP contribution is -2.39. The van der Waals surface area contributed by atoms with Gasteiger partial charge in [0.1, 0.15) is 12.3 Å². The number of aliphatic carboxylic acids is 1. The predicted octanol–water partition coefficient (Wildman–Crippen LogP) is 1.57. The highest BCUT2D eigenvalue weighted by Gasteiger charge is 2.32. The molecule has 1 unspecified atom stereocenters. The van der Waals surface area contributed by atoms with Crippen LogP contribution in [0.4, 0.5) is 0 Å². The minimum absolute atomic E-state index is 0.146. The second kappa shape index (κ2) is 11.5. The van der Waals surface area contributed by atoms with Crippen LogP contribution in [0.2, 0.25) is 0 Å². The van der Waals surface area contributed by atoms with Crippen molar-refractivity contribution >= 4 is 24.1 Å². The van der Waals surface area contributed by atoms with Gasteiger partial charge in [0.25, 0.3) is 11.8 Å². The Bertz CT molecular complexity index is 463. The maximum Gasteiger partial charge on any atom is 0.321 e. The van der Waals surface area contributed by atoms with Gasteiger partial charge in [-0.05, 0) is 33.9 Å². The molecule has 138 valence electrons. The first-order chi connectivity index (χ1) is 11.1. The van der Waals surface area contributed by atoms with Crippen molar-refractivity contribution in [3.05, 3.63) is 11.1 Å². The third-order valence-electron chi connectivity index (χ3n) is 3.39. The van der Waals surface area contributed by atoms with E-state index in [2.05, 4.69) is 0 Å². The highest BCUT2D eigenvalue weighted by Crippen LogP contribution is 2.18. The van der Waals surface area contributed by atoms with Gasteiger partial charge in [-0.15, -0.1) is 0 Å². The first-order valence-corrected chi connectivity index (χ1v) is 7.92. The van der Waals surface area contributed by atoms with Gasteiger partial charge in [0.05, 0.1) is 6.54 Å². The van der Waals surface area contributed by atoms with Gasteiger partial charge in [0.2, 0.25) is 0 Å². The van der Waals surface area contributed by atoms with E-state index in [1.54, 1.807) is 32.8 Å². The summed E-state index contributed by atoms with van der Waals surface area (Å²) in [6, 6.07) is -0.361. The lowest BCUT2D eigenvalue weighted by Gasteiger charge is -2.22. The van der Waals surface area contributed by atoms with Gasteiger partial charge in [-0.25, -0.2) is 0 Å². The Balaban J connectivity index is 0. The van der Waals surface area contributed by atoms with Gasteiger partial charge in [0, 0.05) is 11.1 Å². The molecule has 0 aromatic rings. The normalized spacial score (nSPS) is 15.0. The molecule has 1 aliphatic rings. The molecule has 1 atom stereocenters. The smallest absolute Gasteiger partial charge is 0.321 e. The SMILES string of the molecule is CC.CC(C)C(C(=O)O)N(C)C.CC1=C(C)C(=O)N(CC=O)C1=O. The summed E-state index contributed by atoms with van der Waals surface area (Å²) in [5, 5.41) is 8.67. The molecule has 0 aromatic carbocycles. The number of carbonyl (C=O) groups excluding carboxylic acids is 3. The number of nitrogens with zero attached hydrogens (tertiary/aromatic N) is 2. The molecule has 0 aliphatic carbocycles. The lowest BCUT2D eigenvalue weighted by molar-refractivity contribution is -0.144. The Morgan fingerprint density at radius 1 is 1.12 bits per heavy atom. The van der Waals surface area contributed by atoms with Crippen LogP contribution >= 0.6 is 0 Å². The van der Waals surface area contributed by atoms with Crippen LogP contribution in [0.1, 0.15) is 41.5 Å². The number of carboxylic acids is 1. The first kappa shape index (κ1) is 24.2. The van der Waals surface area contributed by atoms with E-state index >= 15 is 0 Å². The number of carbonyl (C=O) groups is 4. The molecule has 0 radical (unpaired) electrons. The molecule has 1 N–H and O–H groups in total. The minimum atomic E-state index is -0.750. The molecule has 7 heteroatoms. The maximum atomic E-state index is 11.2. The molecule has 7 nitrogen and oxygen atoms in total. The average Bonchev–Trinajstić information content (AvgIpc) is 2.67. The summed E-state index contributed by atoms with van der Waals surface area (Å²) < 4.78 is 0. The molecule has 1 heterocycles. The van der Waals surface area contributed by atoms with Crippen molar-refractivity contribution in [2.75, 3.05) is 20.6 Å². The van der Waals surface area contributed by atoms with Gasteiger partial charge in [-0.2, -0.15) is 0 Å². The van der Waals surface area contributed by atoms with Gasteiger partial charge in [-0.1, -0.05) is 27.7 Å². The Morgan fingerprint density at radius 3 is 1.67 bits per heavy atom. The first-order valence-electron chi connectivity index (χ1n) is 7.92. The Kier molecular flexibility index (Phi) is 11.6. The zero-order valence-electron chi connectivity index (χ0n) is 15.9. The summed E-state index contributed by atoms with van der Waals surface area (Å²) >= 11 is 0. The van der Waals surface area contributed by atoms with Crippen LogP contribution in [0.5, 0.6) is 0 Å². The monoisotopic (exact) mass is 342 g/mol. The Morgan fingerprint density at radius 2 is 1.50 bits per heavy atom. The zero-order valence-corrected chi connectivity index (χ0v) is 15.9. The van der Waals surface area contributed by atoms with Crippen molar-refractivity contribution in [1.82, 2.24) is 9.80 Å². The quantitative estimate of drug-likeness (QED) is 0.602. The summed E-state index contributed by atoms with van der Waals surface area (Å²) in [5.41, 5.74) is 0.865. The van der Waals surface area contributed by atoms with E-state index < -0.39 is 5.97 Å². The summed E-state index contributed by atoms with van der Waals surface area (Å²) in [6.45, 7) is 10.8. The fourth-order valence-corrected chi connectivity index (χ4v) is 2.16. The number of aldehydes is 1. The minimum Gasteiger partial charge on any atom is -0.480 e. The van der Waals surface area contributed by atoms with E-state index in [4.69, 9.17) is 5.11 Å². The molecule has 0 fully saturated rings. The number of imide groups is 1. The summed E-state index contributed by atoms with van der Waals surface area (Å²) in [4.78, 5) is 45.7. The summed E-state index contributed by atoms with van der Waals surface area (Å²) in [7, 11) is 3.55. The van der Waals surface area contributed by atoms with Crippen LogP contribution in [0.3, 0.4) is 0 Å². The van der Waals surface area contributed by atoms with Gasteiger partial charge >= 0.3 is 5.97 Å². The Hall–Kier alpha value is -2.02. The molecule has 1 rings (SSSR count). The maximum absolute atomic E-state index is 11.2. The molecule has 0 spiro atoms. The average molecular weight is 342 g/mol. The second-order valence-corrected chi connectivity index (χ2v) is 5.63. The molecule has 0 aromatic heterocycles. The molecule has 0 bridgehead atoms. The standard InChI is InChI=1S/C8H9NO3.C7H15NO2.C2H6/c1-5-6(2)8(12)9(3-4-10)7(5)11;1-5(2)6(7(9)10)8(3)4;1-2/h4H,3H2,1-2H3;5-6H,1-4H3,(H,9,10);1-2H3. The van der Waals surface area contributed by atoms with Crippen molar-refractivity contribution in [3.63, 3.8) is 0 Å². The predicted molar refractivity (Wildman–Crippen MR) is 92.5 cm³/mol. The fourth-order valence-electron chi connectivity index (χ4n) is 2.16. The van der Waals surface area contributed by atoms with E-state index in [-0.39, 0.29) is 30.3 Å². The zero-order chi connectivity index (χ0) is 19.6. The molecule has 1 aliphatic heterocycles. The van der Waals surface area contributed by atoms with Crippen molar-refractivity contribution in [3.8, 4) is 0 Å². The molecule has 0 saturated carbocycles. The molecular formula is C17H30N2O5. The van der Waals surface area contributed by atoms with Crippen LogP contribution in [0.25, 0.3) is 0 Å². The van der Waals surface area contributed by atoms with E-state index in [0.29, 0.717) is 17.4 Å². The van der Waals surface area contributed by atoms with Gasteiger partial charge < -0.3 is 9.90 Å². The van der Waals surface area contributed by atoms with E-state index in [1.165, 1.54) is 0 Å². The van der Waals surface area contributed by atoms with Crippen molar-refractivity contribution in [1.29, 1.82) is 0 Å². The van der Waals surface area contributed by atoms with Crippen LogP contribution < -0.4 is 0 Å². The van der Waals surface area contributed by atoms with Crippen LogP contribution in [0, 0.1) is 5.92 Å². The second-order valence-electron chi connectivity index (χ2n) is 5.63. The van der Waals surface area contributed by atoms with Gasteiger partial charge in [0.15, 0.2) is 0 Å². The fraction of sp³-hybridized carbons (Fsp3) is 0.647. The summed E-state index contributed by atoms with van der Waals surface area (Å²) in [5.74, 6) is -1.30. The van der Waals surface area contributed by atoms with Crippen LogP contribution in [-0.4, -0.2) is 65.7 Å². The van der Waals surface area contributed by atoms with E-state index in [9.17, 15) is 19.2 Å². The van der Waals surface area contributed by atoms with Crippen molar-refractivity contribution in [2.24, 2.45) is 5.92 Å². The number of hydrogen-bond donors (Lipinski definition) is 1. The number of carboxylic acid groups (broad SMARTS) is 1. The van der Waals surface area contributed by atoms with Crippen LogP contribution in [0.15, 0.2) is 11.1 Å². The van der Waals surface area contributed by atoms with E-state index in [1.807, 2.05) is 27.7 Å². The molecule has 2 amide bonds. The Labute approximate surface area is 144 Å². The van der Waals surface area contributed by atoms with Gasteiger partial charge in [-0.3, -0.25) is 24.2 Å². The molecule has 0 saturated heterocycles. The highest BCUT2D eigenvalue weighted by atomic mass is 16.4. The number of amides is 2. The number of rotatable bonds is 5. The third-order valence-corrected chi connectivity index (χ3v) is 3.39. The lowest BCUT2D eigenvalue weighted by atomic mass is 10.0. The highest BCUT2D eigenvalue weighted by molar-refractivity contribution is 6.19. The van der Waals surface area contributed by atoms with E-state index in [0.717, 1.165) is 4.90 Å². The number of likely N-dealkylation sites (N-methyl/N-ethyl adjacent to an activating group) is 1.